The first kappa shape index (κ1) is 19.5. The minimum atomic E-state index is -0.645. The molecule has 1 aromatic heterocycles. The van der Waals surface area contributed by atoms with Gasteiger partial charge in [-0.15, -0.1) is 11.3 Å². The standard InChI is InChI=1S/C24H26N2O3S/c1-16(9-10-17-6-3-2-4-7-17)25-22(27)20-19-11-12-24(29-19)15-26(23(28)21(20)24)14-18-8-5-13-30-18/h2-8,11-13,16,19-21H,9-10,14-15H2,1H3,(H,25,27)/t16-,19-,20-,21-,24-/m1/s1. The summed E-state index contributed by atoms with van der Waals surface area (Å²) >= 11 is 1.64. The molecule has 2 bridgehead atoms. The smallest absolute Gasteiger partial charge is 0.230 e. The van der Waals surface area contributed by atoms with E-state index in [2.05, 4.69) is 17.4 Å². The molecule has 5 atom stereocenters. The van der Waals surface area contributed by atoms with E-state index in [4.69, 9.17) is 4.74 Å². The lowest BCUT2D eigenvalue weighted by Gasteiger charge is -2.25. The molecule has 156 valence electrons. The van der Waals surface area contributed by atoms with Crippen molar-refractivity contribution < 1.29 is 14.3 Å². The number of carbonyl (C=O) groups is 2. The Morgan fingerprint density at radius 2 is 2.13 bits per heavy atom. The first-order chi connectivity index (χ1) is 14.6. The maximum atomic E-state index is 13.2. The molecule has 2 aromatic rings. The zero-order valence-electron chi connectivity index (χ0n) is 17.0. The highest BCUT2D eigenvalue weighted by molar-refractivity contribution is 7.09. The summed E-state index contributed by atoms with van der Waals surface area (Å²) in [6.07, 6.45) is 5.45. The molecule has 30 heavy (non-hydrogen) atoms. The van der Waals surface area contributed by atoms with Crippen molar-refractivity contribution >= 4 is 23.2 Å². The lowest BCUT2D eigenvalue weighted by atomic mass is 9.76. The molecule has 2 amide bonds. The molecule has 1 aromatic carbocycles. The van der Waals surface area contributed by atoms with Gasteiger partial charge in [-0.3, -0.25) is 9.59 Å². The Labute approximate surface area is 180 Å². The third-order valence-electron chi connectivity index (χ3n) is 6.51. The Hall–Kier alpha value is -2.44. The summed E-state index contributed by atoms with van der Waals surface area (Å²) in [6, 6.07) is 14.3. The van der Waals surface area contributed by atoms with Gasteiger partial charge in [-0.2, -0.15) is 0 Å². The number of thiophene rings is 1. The predicted molar refractivity (Wildman–Crippen MR) is 116 cm³/mol. The summed E-state index contributed by atoms with van der Waals surface area (Å²) in [7, 11) is 0. The molecule has 2 saturated heterocycles. The summed E-state index contributed by atoms with van der Waals surface area (Å²) in [4.78, 5) is 29.4. The van der Waals surface area contributed by atoms with Crippen LogP contribution < -0.4 is 5.32 Å². The van der Waals surface area contributed by atoms with Crippen LogP contribution >= 0.6 is 11.3 Å². The Balaban J connectivity index is 1.25. The monoisotopic (exact) mass is 422 g/mol. The highest BCUT2D eigenvalue weighted by Gasteiger charge is 2.66. The molecular weight excluding hydrogens is 396 g/mol. The first-order valence-corrected chi connectivity index (χ1v) is 11.5. The lowest BCUT2D eigenvalue weighted by Crippen LogP contribution is -2.46. The van der Waals surface area contributed by atoms with Crippen LogP contribution in [0.5, 0.6) is 0 Å². The second-order valence-corrected chi connectivity index (χ2v) is 9.64. The molecule has 5 rings (SSSR count). The van der Waals surface area contributed by atoms with Crippen molar-refractivity contribution in [1.29, 1.82) is 0 Å². The van der Waals surface area contributed by atoms with E-state index in [1.807, 2.05) is 59.7 Å². The zero-order chi connectivity index (χ0) is 20.7. The van der Waals surface area contributed by atoms with Gasteiger partial charge in [0.25, 0.3) is 0 Å². The molecule has 4 heterocycles. The maximum Gasteiger partial charge on any atom is 0.230 e. The summed E-state index contributed by atoms with van der Waals surface area (Å²) in [5, 5.41) is 5.16. The van der Waals surface area contributed by atoms with Gasteiger partial charge < -0.3 is 15.0 Å². The molecule has 0 saturated carbocycles. The maximum absolute atomic E-state index is 13.2. The molecule has 5 nitrogen and oxygen atoms in total. The number of nitrogens with one attached hydrogen (secondary N) is 1. The van der Waals surface area contributed by atoms with Crippen LogP contribution in [0.25, 0.3) is 0 Å². The van der Waals surface area contributed by atoms with Crippen molar-refractivity contribution in [1.82, 2.24) is 10.2 Å². The first-order valence-electron chi connectivity index (χ1n) is 10.6. The number of ether oxygens (including phenoxy) is 1. The van der Waals surface area contributed by atoms with Crippen LogP contribution in [0.15, 0.2) is 60.0 Å². The fourth-order valence-electron chi connectivity index (χ4n) is 5.04. The van der Waals surface area contributed by atoms with Gasteiger partial charge in [0.1, 0.15) is 5.60 Å². The summed E-state index contributed by atoms with van der Waals surface area (Å²) in [5.41, 5.74) is 0.618. The third-order valence-corrected chi connectivity index (χ3v) is 7.37. The molecule has 3 aliphatic heterocycles. The van der Waals surface area contributed by atoms with Crippen LogP contribution in [0.4, 0.5) is 0 Å². The second-order valence-electron chi connectivity index (χ2n) is 8.61. The Morgan fingerprint density at radius 3 is 2.90 bits per heavy atom. The van der Waals surface area contributed by atoms with E-state index in [1.54, 1.807) is 11.3 Å². The van der Waals surface area contributed by atoms with E-state index < -0.39 is 17.4 Å². The van der Waals surface area contributed by atoms with Crippen LogP contribution in [0.2, 0.25) is 0 Å². The number of hydrogen-bond donors (Lipinski definition) is 1. The van der Waals surface area contributed by atoms with Crippen molar-refractivity contribution in [2.75, 3.05) is 6.54 Å². The van der Waals surface area contributed by atoms with Gasteiger partial charge in [0.2, 0.25) is 11.8 Å². The van der Waals surface area contributed by atoms with Crippen LogP contribution in [0, 0.1) is 11.8 Å². The third kappa shape index (κ3) is 3.38. The minimum absolute atomic E-state index is 0.0346. The zero-order valence-corrected chi connectivity index (χ0v) is 17.8. The van der Waals surface area contributed by atoms with Crippen molar-refractivity contribution in [2.24, 2.45) is 11.8 Å². The fraction of sp³-hybridized carbons (Fsp3) is 0.417. The van der Waals surface area contributed by atoms with E-state index in [-0.39, 0.29) is 24.0 Å². The number of carbonyl (C=O) groups excluding carboxylic acids is 2. The fourth-order valence-corrected chi connectivity index (χ4v) is 5.76. The van der Waals surface area contributed by atoms with Crippen molar-refractivity contribution in [3.8, 4) is 0 Å². The van der Waals surface area contributed by atoms with E-state index >= 15 is 0 Å². The van der Waals surface area contributed by atoms with Gasteiger partial charge in [-0.1, -0.05) is 48.6 Å². The Bertz CT molecular complexity index is 958. The van der Waals surface area contributed by atoms with Crippen molar-refractivity contribution in [2.45, 2.75) is 44.1 Å². The quantitative estimate of drug-likeness (QED) is 0.698. The van der Waals surface area contributed by atoms with Crippen molar-refractivity contribution in [3.63, 3.8) is 0 Å². The number of nitrogens with zero attached hydrogens (tertiary/aromatic N) is 1. The van der Waals surface area contributed by atoms with Crippen LogP contribution in [-0.4, -0.2) is 41.0 Å². The van der Waals surface area contributed by atoms with Gasteiger partial charge in [0.15, 0.2) is 0 Å². The van der Waals surface area contributed by atoms with Gasteiger partial charge >= 0.3 is 0 Å². The van der Waals surface area contributed by atoms with E-state index in [0.29, 0.717) is 13.1 Å². The van der Waals surface area contributed by atoms with Crippen molar-refractivity contribution in [3.05, 3.63) is 70.4 Å². The summed E-state index contributed by atoms with van der Waals surface area (Å²) < 4.78 is 6.22. The molecule has 1 spiro atoms. The SMILES string of the molecule is C[C@H](CCc1ccccc1)NC(=O)[C@@H]1[C@H]2C=C[C@]3(CN(Cc4cccs4)C(=O)[C@@H]13)O2. The van der Waals surface area contributed by atoms with Gasteiger partial charge in [-0.25, -0.2) is 0 Å². The van der Waals surface area contributed by atoms with E-state index in [0.717, 1.165) is 17.7 Å². The number of hydrogen-bond acceptors (Lipinski definition) is 4. The van der Waals surface area contributed by atoms with Crippen LogP contribution in [-0.2, 0) is 27.3 Å². The molecule has 0 aliphatic carbocycles. The highest BCUT2D eigenvalue weighted by atomic mass is 32.1. The summed E-state index contributed by atoms with van der Waals surface area (Å²) in [5.74, 6) is -0.903. The largest absolute Gasteiger partial charge is 0.360 e. The number of benzene rings is 1. The number of amides is 2. The molecule has 1 N–H and O–H groups in total. The van der Waals surface area contributed by atoms with Gasteiger partial charge in [0, 0.05) is 10.9 Å². The number of aryl methyl sites for hydroxylation is 1. The lowest BCUT2D eigenvalue weighted by molar-refractivity contribution is -0.138. The predicted octanol–water partition coefficient (Wildman–Crippen LogP) is 3.17. The minimum Gasteiger partial charge on any atom is -0.360 e. The number of fused-ring (bicyclic) bond motifs is 1. The Morgan fingerprint density at radius 1 is 1.30 bits per heavy atom. The van der Waals surface area contributed by atoms with E-state index in [9.17, 15) is 9.59 Å². The molecular formula is C24H26N2O3S. The topological polar surface area (TPSA) is 58.6 Å². The van der Waals surface area contributed by atoms with Gasteiger partial charge in [-0.05, 0) is 36.8 Å². The molecule has 2 fully saturated rings. The number of rotatable bonds is 7. The Kier molecular flexibility index (Phi) is 4.99. The molecule has 6 heteroatoms. The van der Waals surface area contributed by atoms with Crippen LogP contribution in [0.1, 0.15) is 23.8 Å². The molecule has 0 radical (unpaired) electrons. The normalized spacial score (nSPS) is 30.0. The molecule has 3 aliphatic rings. The number of likely N-dealkylation sites (tertiary alicyclic amines) is 1. The van der Waals surface area contributed by atoms with Crippen LogP contribution in [0.3, 0.4) is 0 Å². The average Bonchev–Trinajstić information content (AvgIpc) is 3.51. The molecule has 0 unspecified atom stereocenters. The highest BCUT2D eigenvalue weighted by Crippen LogP contribution is 2.52. The average molecular weight is 423 g/mol. The van der Waals surface area contributed by atoms with E-state index in [1.165, 1.54) is 5.56 Å². The second kappa shape index (κ2) is 7.67. The summed E-state index contributed by atoms with van der Waals surface area (Å²) in [6.45, 7) is 3.13. The van der Waals surface area contributed by atoms with Gasteiger partial charge in [0.05, 0.1) is 31.0 Å².